The Morgan fingerprint density at radius 1 is 0.710 bits per heavy atom. The van der Waals surface area contributed by atoms with Crippen LogP contribution in [-0.2, 0) is 10.0 Å². The molecule has 0 heterocycles. The molecular formula is C22H22N4O4S. The Labute approximate surface area is 180 Å². The van der Waals surface area contributed by atoms with Crippen LogP contribution in [-0.4, -0.2) is 38.8 Å². The lowest BCUT2D eigenvalue weighted by Crippen LogP contribution is -2.22. The van der Waals surface area contributed by atoms with Crippen molar-refractivity contribution in [1.82, 2.24) is 4.31 Å². The van der Waals surface area contributed by atoms with Gasteiger partial charge in [0.25, 0.3) is 5.91 Å². The molecule has 8 nitrogen and oxygen atoms in total. The minimum absolute atomic E-state index is 0.0362. The van der Waals surface area contributed by atoms with Gasteiger partial charge in [0, 0.05) is 36.7 Å². The van der Waals surface area contributed by atoms with Crippen LogP contribution < -0.4 is 16.0 Å². The Morgan fingerprint density at radius 3 is 1.84 bits per heavy atom. The normalized spacial score (nSPS) is 11.1. The largest absolute Gasteiger partial charge is 0.323 e. The molecule has 3 aromatic rings. The molecule has 3 rings (SSSR count). The van der Waals surface area contributed by atoms with Gasteiger partial charge in [0.15, 0.2) is 0 Å². The van der Waals surface area contributed by atoms with Gasteiger partial charge in [-0.15, -0.1) is 0 Å². The average molecular weight is 439 g/mol. The van der Waals surface area contributed by atoms with E-state index < -0.39 is 15.9 Å². The van der Waals surface area contributed by atoms with Gasteiger partial charge in [-0.1, -0.05) is 24.3 Å². The van der Waals surface area contributed by atoms with Crippen LogP contribution in [0.5, 0.6) is 0 Å². The lowest BCUT2D eigenvalue weighted by atomic mass is 10.2. The SMILES string of the molecule is CN(C)S(=O)(=O)c1cccc(C(=O)Nc2ccc(NC(=O)Nc3ccccc3)cc2)c1. The molecule has 0 atom stereocenters. The number of urea groups is 1. The predicted octanol–water partition coefficient (Wildman–Crippen LogP) is 3.83. The Morgan fingerprint density at radius 2 is 1.26 bits per heavy atom. The summed E-state index contributed by atoms with van der Waals surface area (Å²) in [5.41, 5.74) is 1.93. The Kier molecular flexibility index (Phi) is 6.68. The summed E-state index contributed by atoms with van der Waals surface area (Å²) in [6.45, 7) is 0. The van der Waals surface area contributed by atoms with Crippen molar-refractivity contribution in [2.24, 2.45) is 0 Å². The smallest absolute Gasteiger partial charge is 0.322 e. The number of amides is 3. The second kappa shape index (κ2) is 9.41. The van der Waals surface area contributed by atoms with E-state index in [4.69, 9.17) is 0 Å². The number of nitrogens with zero attached hydrogens (tertiary/aromatic N) is 1. The van der Waals surface area contributed by atoms with E-state index in [0.29, 0.717) is 17.1 Å². The minimum Gasteiger partial charge on any atom is -0.322 e. The van der Waals surface area contributed by atoms with Crippen molar-refractivity contribution >= 4 is 39.0 Å². The van der Waals surface area contributed by atoms with Crippen molar-refractivity contribution < 1.29 is 18.0 Å². The molecule has 0 aromatic heterocycles. The Balaban J connectivity index is 1.63. The summed E-state index contributed by atoms with van der Waals surface area (Å²) in [4.78, 5) is 24.6. The number of para-hydroxylation sites is 1. The summed E-state index contributed by atoms with van der Waals surface area (Å²) in [7, 11) is -0.782. The quantitative estimate of drug-likeness (QED) is 0.543. The highest BCUT2D eigenvalue weighted by atomic mass is 32.2. The summed E-state index contributed by atoms with van der Waals surface area (Å²) in [5.74, 6) is -0.446. The molecule has 0 unspecified atom stereocenters. The van der Waals surface area contributed by atoms with Crippen molar-refractivity contribution in [3.05, 3.63) is 84.4 Å². The zero-order valence-corrected chi connectivity index (χ0v) is 17.8. The van der Waals surface area contributed by atoms with Crippen LogP contribution in [0, 0.1) is 0 Å². The molecule has 31 heavy (non-hydrogen) atoms. The fraction of sp³-hybridized carbons (Fsp3) is 0.0909. The van der Waals surface area contributed by atoms with Gasteiger partial charge in [-0.25, -0.2) is 17.5 Å². The zero-order valence-electron chi connectivity index (χ0n) is 17.0. The lowest BCUT2D eigenvalue weighted by molar-refractivity contribution is 0.102. The molecule has 160 valence electrons. The zero-order chi connectivity index (χ0) is 22.4. The van der Waals surface area contributed by atoms with Gasteiger partial charge in [0.2, 0.25) is 10.0 Å². The van der Waals surface area contributed by atoms with E-state index >= 15 is 0 Å². The third kappa shape index (κ3) is 5.68. The van der Waals surface area contributed by atoms with E-state index in [-0.39, 0.29) is 16.5 Å². The molecule has 3 N–H and O–H groups in total. The minimum atomic E-state index is -3.64. The number of hydrogen-bond donors (Lipinski definition) is 3. The summed E-state index contributed by atoms with van der Waals surface area (Å²) in [6.07, 6.45) is 0. The number of nitrogens with one attached hydrogen (secondary N) is 3. The first-order valence-electron chi connectivity index (χ1n) is 9.33. The van der Waals surface area contributed by atoms with Crippen molar-refractivity contribution in [3.63, 3.8) is 0 Å². The molecule has 3 amide bonds. The Hall–Kier alpha value is -3.69. The van der Waals surface area contributed by atoms with Gasteiger partial charge in [0.05, 0.1) is 4.90 Å². The van der Waals surface area contributed by atoms with Crippen LogP contribution in [0.3, 0.4) is 0 Å². The van der Waals surface area contributed by atoms with E-state index in [1.54, 1.807) is 36.4 Å². The fourth-order valence-corrected chi connectivity index (χ4v) is 3.61. The second-order valence-corrected chi connectivity index (χ2v) is 8.94. The third-order valence-electron chi connectivity index (χ3n) is 4.31. The second-order valence-electron chi connectivity index (χ2n) is 6.79. The molecule has 0 aliphatic heterocycles. The maximum Gasteiger partial charge on any atom is 0.323 e. The van der Waals surface area contributed by atoms with E-state index in [0.717, 1.165) is 4.31 Å². The molecule has 0 spiro atoms. The molecule has 3 aromatic carbocycles. The number of rotatable bonds is 6. The number of carbonyl (C=O) groups excluding carboxylic acids is 2. The number of sulfonamides is 1. The summed E-state index contributed by atoms with van der Waals surface area (Å²) in [5, 5.41) is 8.13. The average Bonchev–Trinajstić information content (AvgIpc) is 2.75. The highest BCUT2D eigenvalue weighted by Crippen LogP contribution is 2.18. The maximum absolute atomic E-state index is 12.5. The van der Waals surface area contributed by atoms with Gasteiger partial charge >= 0.3 is 6.03 Å². The number of hydrogen-bond acceptors (Lipinski definition) is 4. The van der Waals surface area contributed by atoms with Gasteiger partial charge in [-0.05, 0) is 54.6 Å². The van der Waals surface area contributed by atoms with Crippen molar-refractivity contribution in [2.45, 2.75) is 4.90 Å². The van der Waals surface area contributed by atoms with Gasteiger partial charge in [0.1, 0.15) is 0 Å². The van der Waals surface area contributed by atoms with Crippen molar-refractivity contribution in [3.8, 4) is 0 Å². The molecule has 0 bridgehead atoms. The first kappa shape index (κ1) is 22.0. The molecule has 0 fully saturated rings. The first-order chi connectivity index (χ1) is 14.8. The number of benzene rings is 3. The molecule has 0 saturated carbocycles. The van der Waals surface area contributed by atoms with Gasteiger partial charge in [-0.2, -0.15) is 0 Å². The molecule has 9 heteroatoms. The van der Waals surface area contributed by atoms with Gasteiger partial charge < -0.3 is 16.0 Å². The topological polar surface area (TPSA) is 108 Å². The Bertz CT molecular complexity index is 1180. The lowest BCUT2D eigenvalue weighted by Gasteiger charge is -2.12. The third-order valence-corrected chi connectivity index (χ3v) is 6.12. The van der Waals surface area contributed by atoms with E-state index in [9.17, 15) is 18.0 Å². The van der Waals surface area contributed by atoms with Gasteiger partial charge in [-0.3, -0.25) is 4.79 Å². The molecular weight excluding hydrogens is 416 g/mol. The number of anilines is 3. The first-order valence-corrected chi connectivity index (χ1v) is 10.8. The molecule has 0 aliphatic rings. The maximum atomic E-state index is 12.5. The van der Waals surface area contributed by atoms with Crippen LogP contribution in [0.15, 0.2) is 83.8 Å². The standard InChI is InChI=1S/C22H22N4O4S/c1-26(2)31(29,30)20-10-6-7-16(15-20)21(27)23-18-11-13-19(14-12-18)25-22(28)24-17-8-4-3-5-9-17/h3-15H,1-2H3,(H,23,27)(H2,24,25,28). The highest BCUT2D eigenvalue weighted by Gasteiger charge is 2.18. The fourth-order valence-electron chi connectivity index (χ4n) is 2.66. The van der Waals surface area contributed by atoms with E-state index in [1.807, 2.05) is 18.2 Å². The summed E-state index contributed by atoms with van der Waals surface area (Å²) < 4.78 is 25.6. The molecule has 0 aliphatic carbocycles. The predicted molar refractivity (Wildman–Crippen MR) is 121 cm³/mol. The van der Waals surface area contributed by atoms with Crippen LogP contribution in [0.1, 0.15) is 10.4 Å². The monoisotopic (exact) mass is 438 g/mol. The van der Waals surface area contributed by atoms with E-state index in [1.165, 1.54) is 38.4 Å². The number of carbonyl (C=O) groups is 2. The van der Waals surface area contributed by atoms with Crippen LogP contribution in [0.25, 0.3) is 0 Å². The van der Waals surface area contributed by atoms with Crippen LogP contribution in [0.4, 0.5) is 21.9 Å². The summed E-state index contributed by atoms with van der Waals surface area (Å²) >= 11 is 0. The molecule has 0 saturated heterocycles. The van der Waals surface area contributed by atoms with E-state index in [2.05, 4.69) is 16.0 Å². The van der Waals surface area contributed by atoms with Crippen molar-refractivity contribution in [1.29, 1.82) is 0 Å². The van der Waals surface area contributed by atoms with Crippen molar-refractivity contribution in [2.75, 3.05) is 30.0 Å². The van der Waals surface area contributed by atoms with Crippen LogP contribution in [0.2, 0.25) is 0 Å². The highest BCUT2D eigenvalue weighted by molar-refractivity contribution is 7.89. The van der Waals surface area contributed by atoms with Crippen LogP contribution >= 0.6 is 0 Å². The molecule has 0 radical (unpaired) electrons. The summed E-state index contributed by atoms with van der Waals surface area (Å²) in [6, 6.07) is 21.0.